The number of nitrogens with zero attached hydrogens (tertiary/aromatic N) is 2. The number of hydrogen-bond acceptors (Lipinski definition) is 4. The minimum Gasteiger partial charge on any atom is -0.385 e. The second kappa shape index (κ2) is 11.3. The van der Waals surface area contributed by atoms with Crippen molar-refractivity contribution in [3.05, 3.63) is 99.5 Å². The number of alkyl halides is 3. The molecule has 5 rings (SSSR count). The number of amides is 1. The Balaban J connectivity index is 1.34. The zero-order valence-corrected chi connectivity index (χ0v) is 23.1. The van der Waals surface area contributed by atoms with Crippen LogP contribution in [0.3, 0.4) is 0 Å². The smallest absolute Gasteiger partial charge is 0.385 e. The quantitative estimate of drug-likeness (QED) is 0.348. The molecule has 10 heteroatoms. The minimum atomic E-state index is -4.47. The molecule has 2 aliphatic rings. The number of benzene rings is 3. The molecule has 40 heavy (non-hydrogen) atoms. The zero-order valence-electron chi connectivity index (χ0n) is 21.6. The summed E-state index contributed by atoms with van der Waals surface area (Å²) in [5, 5.41) is 12.1. The molecule has 1 atom stereocenters. The molecule has 0 saturated carbocycles. The zero-order chi connectivity index (χ0) is 28.5. The molecule has 0 bridgehead atoms. The van der Waals surface area contributed by atoms with Gasteiger partial charge in [0.15, 0.2) is 0 Å². The second-order valence-electron chi connectivity index (χ2n) is 10.4. The summed E-state index contributed by atoms with van der Waals surface area (Å²) in [5.41, 5.74) is -1.13. The predicted molar refractivity (Wildman–Crippen MR) is 149 cm³/mol. The topological polar surface area (TPSA) is 53.0 Å². The van der Waals surface area contributed by atoms with Gasteiger partial charge in [0, 0.05) is 25.3 Å². The van der Waals surface area contributed by atoms with Gasteiger partial charge in [0.2, 0.25) is 0 Å². The summed E-state index contributed by atoms with van der Waals surface area (Å²) >= 11 is 12.6. The van der Waals surface area contributed by atoms with Gasteiger partial charge >= 0.3 is 6.18 Å². The minimum absolute atomic E-state index is 0.107. The fraction of sp³-hybridized carbons (Fsp3) is 0.367. The van der Waals surface area contributed by atoms with E-state index in [1.54, 1.807) is 23.1 Å². The lowest BCUT2D eigenvalue weighted by molar-refractivity contribution is -0.142. The highest BCUT2D eigenvalue weighted by molar-refractivity contribution is 6.42. The molecule has 1 amide bonds. The Morgan fingerprint density at radius 1 is 0.900 bits per heavy atom. The fourth-order valence-electron chi connectivity index (χ4n) is 5.52. The first kappa shape index (κ1) is 28.9. The highest BCUT2D eigenvalue weighted by Crippen LogP contribution is 2.40. The summed E-state index contributed by atoms with van der Waals surface area (Å²) in [4.78, 5) is 16.8. The Hall–Kier alpha value is -2.62. The van der Waals surface area contributed by atoms with Gasteiger partial charge in [-0.05, 0) is 66.8 Å². The molecule has 5 nitrogen and oxygen atoms in total. The number of halogens is 5. The Morgan fingerprint density at radius 3 is 2.30 bits per heavy atom. The number of ether oxygens (including phenoxy) is 1. The molecule has 0 radical (unpaired) electrons. The number of piperidine rings is 1. The number of aliphatic hydroxyl groups is 1. The Bertz CT molecular complexity index is 1360. The molecule has 2 saturated heterocycles. The highest BCUT2D eigenvalue weighted by Gasteiger charge is 2.43. The van der Waals surface area contributed by atoms with E-state index < -0.39 is 22.9 Å². The third-order valence-electron chi connectivity index (χ3n) is 7.94. The molecule has 2 heterocycles. The standard InChI is InChI=1S/C30H29Cl2F3N2O3/c31-25-10-9-22(18-26(25)32)29(20-37(27(38)19-40-29)24-7-2-1-3-8-24)13-16-36-14-11-28(39,12-15-36)21-5-4-6-23(17-21)30(33,34)35/h1-10,17-18,39H,11-16,19-20H2. The molecule has 1 unspecified atom stereocenters. The maximum atomic E-state index is 13.2. The van der Waals surface area contributed by atoms with Gasteiger partial charge in [-0.25, -0.2) is 0 Å². The van der Waals surface area contributed by atoms with Crippen LogP contribution in [0.2, 0.25) is 10.0 Å². The van der Waals surface area contributed by atoms with Crippen molar-refractivity contribution in [1.82, 2.24) is 4.90 Å². The van der Waals surface area contributed by atoms with E-state index >= 15 is 0 Å². The summed E-state index contributed by atoms with van der Waals surface area (Å²) in [6.07, 6.45) is -3.36. The number of carbonyl (C=O) groups excluding carboxylic acids is 1. The highest BCUT2D eigenvalue weighted by atomic mass is 35.5. The van der Waals surface area contributed by atoms with E-state index in [0.717, 1.165) is 23.4 Å². The number of carbonyl (C=O) groups is 1. The van der Waals surface area contributed by atoms with Crippen molar-refractivity contribution in [2.24, 2.45) is 0 Å². The van der Waals surface area contributed by atoms with Crippen LogP contribution >= 0.6 is 23.2 Å². The molecule has 212 valence electrons. The van der Waals surface area contributed by atoms with Crippen LogP contribution in [-0.4, -0.2) is 48.7 Å². The summed E-state index contributed by atoms with van der Waals surface area (Å²) < 4.78 is 46.0. The average molecular weight is 593 g/mol. The van der Waals surface area contributed by atoms with Gasteiger partial charge in [0.05, 0.1) is 27.8 Å². The molecule has 3 aromatic rings. The third-order valence-corrected chi connectivity index (χ3v) is 8.68. The van der Waals surface area contributed by atoms with E-state index in [-0.39, 0.29) is 24.6 Å². The number of morpholine rings is 1. The first-order valence-corrected chi connectivity index (χ1v) is 13.8. The van der Waals surface area contributed by atoms with Crippen LogP contribution in [0.15, 0.2) is 72.8 Å². The van der Waals surface area contributed by atoms with Gasteiger partial charge in [-0.15, -0.1) is 0 Å². The van der Waals surface area contributed by atoms with Crippen molar-refractivity contribution in [3.8, 4) is 0 Å². The summed E-state index contributed by atoms with van der Waals surface area (Å²) in [7, 11) is 0. The van der Waals surface area contributed by atoms with Crippen LogP contribution in [0.1, 0.15) is 36.0 Å². The van der Waals surface area contributed by atoms with Gasteiger partial charge in [-0.2, -0.15) is 13.2 Å². The normalized spacial score (nSPS) is 21.9. The Labute approximate surface area is 241 Å². The summed E-state index contributed by atoms with van der Waals surface area (Å²) in [6.45, 7) is 1.73. The van der Waals surface area contributed by atoms with Crippen molar-refractivity contribution in [3.63, 3.8) is 0 Å². The van der Waals surface area contributed by atoms with Gasteiger partial charge in [-0.3, -0.25) is 4.79 Å². The van der Waals surface area contributed by atoms with Gasteiger partial charge < -0.3 is 19.6 Å². The third kappa shape index (κ3) is 6.02. The van der Waals surface area contributed by atoms with Crippen LogP contribution in [-0.2, 0) is 26.9 Å². The van der Waals surface area contributed by atoms with Gasteiger partial charge in [0.1, 0.15) is 12.2 Å². The largest absolute Gasteiger partial charge is 0.416 e. The number of likely N-dealkylation sites (tertiary alicyclic amines) is 1. The van der Waals surface area contributed by atoms with Crippen molar-refractivity contribution < 1.29 is 27.8 Å². The van der Waals surface area contributed by atoms with Crippen molar-refractivity contribution in [2.45, 2.75) is 36.6 Å². The molecule has 3 aromatic carbocycles. The van der Waals surface area contributed by atoms with Crippen LogP contribution in [0.4, 0.5) is 18.9 Å². The van der Waals surface area contributed by atoms with Crippen molar-refractivity contribution in [1.29, 1.82) is 0 Å². The molecule has 0 spiro atoms. The monoisotopic (exact) mass is 592 g/mol. The maximum absolute atomic E-state index is 13.2. The maximum Gasteiger partial charge on any atom is 0.416 e. The van der Waals surface area contributed by atoms with Crippen LogP contribution in [0, 0.1) is 0 Å². The van der Waals surface area contributed by atoms with E-state index in [9.17, 15) is 23.1 Å². The van der Waals surface area contributed by atoms with Gasteiger partial charge in [0.25, 0.3) is 5.91 Å². The summed E-state index contributed by atoms with van der Waals surface area (Å²) in [6, 6.07) is 19.7. The lowest BCUT2D eigenvalue weighted by Gasteiger charge is -2.45. The lowest BCUT2D eigenvalue weighted by atomic mass is 9.83. The SMILES string of the molecule is O=C1COC(CCN2CCC(O)(c3cccc(C(F)(F)F)c3)CC2)(c2ccc(Cl)c(Cl)c2)CN1c1ccccc1. The molecule has 1 N–H and O–H groups in total. The summed E-state index contributed by atoms with van der Waals surface area (Å²) in [5.74, 6) is -0.147. The number of para-hydroxylation sites is 1. The first-order valence-electron chi connectivity index (χ1n) is 13.1. The van der Waals surface area contributed by atoms with Crippen LogP contribution < -0.4 is 4.90 Å². The number of rotatable bonds is 6. The molecule has 0 aliphatic carbocycles. The molecule has 0 aromatic heterocycles. The van der Waals surface area contributed by atoms with E-state index in [2.05, 4.69) is 4.90 Å². The Kier molecular flexibility index (Phi) is 8.19. The number of hydrogen-bond donors (Lipinski definition) is 1. The van der Waals surface area contributed by atoms with Gasteiger partial charge in [-0.1, -0.05) is 59.6 Å². The number of anilines is 1. The lowest BCUT2D eigenvalue weighted by Crippen LogP contribution is -2.54. The average Bonchev–Trinajstić information content (AvgIpc) is 2.95. The van der Waals surface area contributed by atoms with Crippen molar-refractivity contribution >= 4 is 34.8 Å². The Morgan fingerprint density at radius 2 is 1.62 bits per heavy atom. The predicted octanol–water partition coefficient (Wildman–Crippen LogP) is 6.64. The molecule has 2 fully saturated rings. The van der Waals surface area contributed by atoms with Crippen LogP contribution in [0.5, 0.6) is 0 Å². The molecule has 2 aliphatic heterocycles. The first-order chi connectivity index (χ1) is 19.0. The van der Waals surface area contributed by atoms with Crippen LogP contribution in [0.25, 0.3) is 0 Å². The van der Waals surface area contributed by atoms with E-state index in [1.807, 2.05) is 36.4 Å². The van der Waals surface area contributed by atoms with Crippen molar-refractivity contribution in [2.75, 3.05) is 37.7 Å². The molecular formula is C30H29Cl2F3N2O3. The van der Waals surface area contributed by atoms with E-state index in [4.69, 9.17) is 27.9 Å². The fourth-order valence-corrected chi connectivity index (χ4v) is 5.82. The van der Waals surface area contributed by atoms with E-state index in [1.165, 1.54) is 6.07 Å². The second-order valence-corrected chi connectivity index (χ2v) is 11.2. The molecular weight excluding hydrogens is 564 g/mol. The van der Waals surface area contributed by atoms with E-state index in [0.29, 0.717) is 48.9 Å².